The van der Waals surface area contributed by atoms with Gasteiger partial charge in [-0.2, -0.15) is 0 Å². The number of fused-ring (bicyclic) bond motifs is 7. The van der Waals surface area contributed by atoms with E-state index in [4.69, 9.17) is 0 Å². The molecule has 0 amide bonds. The second kappa shape index (κ2) is 9.41. The van der Waals surface area contributed by atoms with E-state index in [1.165, 1.54) is 54.2 Å². The van der Waals surface area contributed by atoms with Crippen molar-refractivity contribution in [2.45, 2.75) is 9.79 Å². The predicted octanol–water partition coefficient (Wildman–Crippen LogP) is 10.2. The predicted molar refractivity (Wildman–Crippen MR) is 167 cm³/mol. The van der Waals surface area contributed by atoms with Crippen LogP contribution in [-0.4, -0.2) is 9.55 Å². The normalized spacial score (nSPS) is 11.9. The van der Waals surface area contributed by atoms with Crippen LogP contribution in [0.25, 0.3) is 61.4 Å². The Morgan fingerprint density at radius 2 is 1.18 bits per heavy atom. The smallest absolute Gasteiger partial charge is 0.0701 e. The Kier molecular flexibility index (Phi) is 5.42. The van der Waals surface area contributed by atoms with Crippen molar-refractivity contribution in [2.75, 3.05) is 0 Å². The molecule has 0 radical (unpaired) electrons. The van der Waals surface area contributed by atoms with E-state index in [1.54, 1.807) is 0 Å². The zero-order chi connectivity index (χ0) is 26.5. The largest absolute Gasteiger partial charge is 0.308 e. The van der Waals surface area contributed by atoms with Crippen molar-refractivity contribution >= 4 is 22.7 Å². The van der Waals surface area contributed by atoms with Crippen LogP contribution in [-0.2, 0) is 0 Å². The Bertz CT molecular complexity index is 2010. The number of pyridine rings is 1. The number of rotatable bonds is 3. The third-order valence-corrected chi connectivity index (χ3v) is 8.83. The summed E-state index contributed by atoms with van der Waals surface area (Å²) < 4.78 is 2.48. The highest BCUT2D eigenvalue weighted by atomic mass is 32.2. The molecule has 0 fully saturated rings. The number of para-hydroxylation sites is 1. The van der Waals surface area contributed by atoms with Crippen molar-refractivity contribution in [3.05, 3.63) is 146 Å². The Labute approximate surface area is 237 Å². The third kappa shape index (κ3) is 3.63. The van der Waals surface area contributed by atoms with Crippen LogP contribution in [0.4, 0.5) is 0 Å². The van der Waals surface area contributed by atoms with E-state index in [1.807, 2.05) is 30.1 Å². The van der Waals surface area contributed by atoms with Crippen LogP contribution in [0.3, 0.4) is 0 Å². The molecule has 0 aliphatic carbocycles. The SMILES string of the molecule is c1ccc(-c2cccc3c4c(n(-c5ccc(-c6ccccn6)cc5)c23)-c2ccccc2Sc2ccccc2-4)cc1. The maximum atomic E-state index is 4.57. The quantitative estimate of drug-likeness (QED) is 0.227. The molecule has 0 atom stereocenters. The standard InChI is InChI=1S/C37H24N2S/c1-2-11-25(12-3-1)28-15-10-16-31-35-29-13-4-6-18-33(29)40-34-19-7-5-14-30(34)37(35)39(36(28)31)27-22-20-26(21-23-27)32-17-8-9-24-38-32/h1-24H. The van der Waals surface area contributed by atoms with E-state index < -0.39 is 0 Å². The fourth-order valence-electron chi connectivity index (χ4n) is 5.92. The highest BCUT2D eigenvalue weighted by Gasteiger charge is 2.28. The van der Waals surface area contributed by atoms with Crippen molar-refractivity contribution in [1.82, 2.24) is 9.55 Å². The van der Waals surface area contributed by atoms with Crippen LogP contribution < -0.4 is 0 Å². The number of aromatic nitrogens is 2. The molecule has 0 spiro atoms. The van der Waals surface area contributed by atoms with Gasteiger partial charge in [0, 0.05) is 49.3 Å². The van der Waals surface area contributed by atoms with Crippen LogP contribution in [0.2, 0.25) is 0 Å². The minimum absolute atomic E-state index is 0.978. The lowest BCUT2D eigenvalue weighted by Crippen LogP contribution is -1.99. The zero-order valence-corrected chi connectivity index (χ0v) is 22.5. The van der Waals surface area contributed by atoms with Gasteiger partial charge in [0.2, 0.25) is 0 Å². The Morgan fingerprint density at radius 3 is 1.95 bits per heavy atom. The monoisotopic (exact) mass is 528 g/mol. The minimum atomic E-state index is 0.978. The van der Waals surface area contributed by atoms with Crippen molar-refractivity contribution < 1.29 is 0 Å². The van der Waals surface area contributed by atoms with Gasteiger partial charge in [-0.05, 0) is 47.5 Å². The summed E-state index contributed by atoms with van der Waals surface area (Å²) in [4.78, 5) is 7.12. The Hall–Kier alpha value is -4.86. The molecule has 0 saturated carbocycles. The van der Waals surface area contributed by atoms with Crippen molar-refractivity contribution in [1.29, 1.82) is 0 Å². The highest BCUT2D eigenvalue weighted by molar-refractivity contribution is 7.99. The van der Waals surface area contributed by atoms with Gasteiger partial charge in [0.1, 0.15) is 0 Å². The first-order valence-corrected chi connectivity index (χ1v) is 14.3. The second-order valence-corrected chi connectivity index (χ2v) is 11.1. The van der Waals surface area contributed by atoms with Crippen LogP contribution in [0.1, 0.15) is 0 Å². The Balaban J connectivity index is 1.51. The molecule has 2 aromatic heterocycles. The summed E-state index contributed by atoms with van der Waals surface area (Å²) >= 11 is 1.86. The minimum Gasteiger partial charge on any atom is -0.308 e. The summed E-state index contributed by atoms with van der Waals surface area (Å²) in [7, 11) is 0. The molecule has 2 nitrogen and oxygen atoms in total. The molecule has 0 bridgehead atoms. The first kappa shape index (κ1) is 23.1. The third-order valence-electron chi connectivity index (χ3n) is 7.68. The lowest BCUT2D eigenvalue weighted by atomic mass is 9.96. The van der Waals surface area contributed by atoms with E-state index in [0.29, 0.717) is 0 Å². The van der Waals surface area contributed by atoms with Gasteiger partial charge in [0.15, 0.2) is 0 Å². The Morgan fingerprint density at radius 1 is 0.500 bits per heavy atom. The van der Waals surface area contributed by atoms with E-state index in [-0.39, 0.29) is 0 Å². The molecule has 3 heteroatoms. The van der Waals surface area contributed by atoms with Crippen LogP contribution in [0, 0.1) is 0 Å². The zero-order valence-electron chi connectivity index (χ0n) is 21.7. The topological polar surface area (TPSA) is 17.8 Å². The first-order valence-electron chi connectivity index (χ1n) is 13.5. The van der Waals surface area contributed by atoms with Gasteiger partial charge in [-0.3, -0.25) is 4.98 Å². The highest BCUT2D eigenvalue weighted by Crippen LogP contribution is 2.53. The van der Waals surface area contributed by atoms with Gasteiger partial charge in [-0.15, -0.1) is 0 Å². The van der Waals surface area contributed by atoms with Gasteiger partial charge < -0.3 is 4.57 Å². The van der Waals surface area contributed by atoms with Gasteiger partial charge >= 0.3 is 0 Å². The van der Waals surface area contributed by atoms with Gasteiger partial charge in [-0.25, -0.2) is 0 Å². The molecule has 0 N–H and O–H groups in total. The van der Waals surface area contributed by atoms with Gasteiger partial charge in [-0.1, -0.05) is 115 Å². The molecule has 40 heavy (non-hydrogen) atoms. The number of hydrogen-bond donors (Lipinski definition) is 0. The van der Waals surface area contributed by atoms with Gasteiger partial charge in [0.05, 0.1) is 16.9 Å². The molecule has 0 saturated heterocycles. The average Bonchev–Trinajstić information content (AvgIpc) is 3.30. The van der Waals surface area contributed by atoms with E-state index in [0.717, 1.165) is 16.9 Å². The molecular formula is C37H24N2S. The number of benzene rings is 5. The van der Waals surface area contributed by atoms with Crippen molar-refractivity contribution in [3.63, 3.8) is 0 Å². The number of nitrogens with zero attached hydrogens (tertiary/aromatic N) is 2. The fraction of sp³-hybridized carbons (Fsp3) is 0. The van der Waals surface area contributed by atoms with Crippen LogP contribution in [0.5, 0.6) is 0 Å². The van der Waals surface area contributed by atoms with E-state index in [2.05, 4.69) is 137 Å². The summed E-state index contributed by atoms with van der Waals surface area (Å²) in [6, 6.07) is 50.0. The molecule has 8 rings (SSSR count). The van der Waals surface area contributed by atoms with Crippen LogP contribution >= 0.6 is 11.8 Å². The first-order chi connectivity index (χ1) is 19.9. The average molecular weight is 529 g/mol. The van der Waals surface area contributed by atoms with Crippen molar-refractivity contribution in [2.24, 2.45) is 0 Å². The molecular weight excluding hydrogens is 504 g/mol. The van der Waals surface area contributed by atoms with Crippen LogP contribution in [0.15, 0.2) is 156 Å². The second-order valence-electron chi connectivity index (χ2n) is 9.98. The van der Waals surface area contributed by atoms with E-state index >= 15 is 0 Å². The lowest BCUT2D eigenvalue weighted by molar-refractivity contribution is 1.13. The van der Waals surface area contributed by atoms with E-state index in [9.17, 15) is 0 Å². The number of hydrogen-bond acceptors (Lipinski definition) is 2. The summed E-state index contributed by atoms with van der Waals surface area (Å²) in [5, 5.41) is 1.26. The fourth-order valence-corrected chi connectivity index (χ4v) is 7.01. The summed E-state index contributed by atoms with van der Waals surface area (Å²) in [5.74, 6) is 0. The van der Waals surface area contributed by atoms with Crippen molar-refractivity contribution in [3.8, 4) is 50.5 Å². The summed E-state index contributed by atoms with van der Waals surface area (Å²) in [5.41, 5.74) is 11.9. The molecule has 3 heterocycles. The lowest BCUT2D eigenvalue weighted by Gasteiger charge is -2.16. The summed E-state index contributed by atoms with van der Waals surface area (Å²) in [6.07, 6.45) is 1.85. The molecule has 0 unspecified atom stereocenters. The summed E-state index contributed by atoms with van der Waals surface area (Å²) in [6.45, 7) is 0. The van der Waals surface area contributed by atoms with Gasteiger partial charge in [0.25, 0.3) is 0 Å². The molecule has 7 aromatic rings. The maximum Gasteiger partial charge on any atom is 0.0701 e. The molecule has 1 aliphatic heterocycles. The molecule has 5 aromatic carbocycles. The molecule has 188 valence electrons. The maximum absolute atomic E-state index is 4.57. The molecule has 1 aliphatic rings.